The molecule has 2 N–H and O–H groups in total. The zero-order valence-electron chi connectivity index (χ0n) is 13.4. The Balaban J connectivity index is 2.22. The molecule has 3 rings (SSSR count). The average Bonchev–Trinajstić information content (AvgIpc) is 2.78. The Morgan fingerprint density at radius 3 is 2.64 bits per heavy atom. The van der Waals surface area contributed by atoms with E-state index >= 15 is 0 Å². The topological polar surface area (TPSA) is 66.9 Å². The normalized spacial score (nSPS) is 17.5. The van der Waals surface area contributed by atoms with E-state index < -0.39 is 0 Å². The van der Waals surface area contributed by atoms with Crippen LogP contribution in [0, 0.1) is 13.8 Å². The van der Waals surface area contributed by atoms with E-state index in [0.717, 1.165) is 16.7 Å². The highest BCUT2D eigenvalue weighted by atomic mass is 16.2. The SMILES string of the molecule is Cc1ccc(C)c([C@H]2CC(=O)Nc3c2c(=O)[nH]n3C(C)C)c1. The van der Waals surface area contributed by atoms with Gasteiger partial charge in [-0.2, -0.15) is 0 Å². The number of nitrogens with one attached hydrogen (secondary N) is 2. The van der Waals surface area contributed by atoms with E-state index in [4.69, 9.17) is 0 Å². The third-order valence-corrected chi connectivity index (χ3v) is 4.29. The lowest BCUT2D eigenvalue weighted by atomic mass is 9.84. The third-order valence-electron chi connectivity index (χ3n) is 4.29. The number of H-pyrrole nitrogens is 1. The van der Waals surface area contributed by atoms with Gasteiger partial charge in [0.05, 0.1) is 5.56 Å². The van der Waals surface area contributed by atoms with Crippen LogP contribution in [0.5, 0.6) is 0 Å². The number of carbonyl (C=O) groups is 1. The minimum absolute atomic E-state index is 0.0493. The van der Waals surface area contributed by atoms with Gasteiger partial charge < -0.3 is 5.32 Å². The molecule has 0 saturated heterocycles. The Hall–Kier alpha value is -2.30. The van der Waals surface area contributed by atoms with Crippen LogP contribution in [0.3, 0.4) is 0 Å². The van der Waals surface area contributed by atoms with Crippen LogP contribution in [-0.4, -0.2) is 15.7 Å². The van der Waals surface area contributed by atoms with Gasteiger partial charge in [-0.1, -0.05) is 23.8 Å². The van der Waals surface area contributed by atoms with Gasteiger partial charge >= 0.3 is 0 Å². The molecule has 1 aromatic carbocycles. The van der Waals surface area contributed by atoms with Crippen LogP contribution in [-0.2, 0) is 4.79 Å². The monoisotopic (exact) mass is 299 g/mol. The second-order valence-electron chi connectivity index (χ2n) is 6.33. The van der Waals surface area contributed by atoms with E-state index in [1.54, 1.807) is 4.68 Å². The molecule has 1 aliphatic heterocycles. The Labute approximate surface area is 129 Å². The van der Waals surface area contributed by atoms with Crippen molar-refractivity contribution in [2.45, 2.75) is 46.1 Å². The van der Waals surface area contributed by atoms with Crippen molar-refractivity contribution in [1.29, 1.82) is 0 Å². The van der Waals surface area contributed by atoms with Crippen LogP contribution in [0.25, 0.3) is 0 Å². The summed E-state index contributed by atoms with van der Waals surface area (Å²) in [5.74, 6) is 0.376. The van der Waals surface area contributed by atoms with E-state index in [0.29, 0.717) is 17.8 Å². The Morgan fingerprint density at radius 1 is 1.23 bits per heavy atom. The van der Waals surface area contributed by atoms with Crippen molar-refractivity contribution in [2.24, 2.45) is 0 Å². The molecule has 0 unspecified atom stereocenters. The molecular formula is C17H21N3O2. The largest absolute Gasteiger partial charge is 0.311 e. The molecule has 1 atom stereocenters. The van der Waals surface area contributed by atoms with Crippen LogP contribution in [0.2, 0.25) is 0 Å². The standard InChI is InChI=1S/C17H21N3O2/c1-9(2)20-16-15(17(22)19-20)13(8-14(21)18-16)12-7-10(3)5-6-11(12)4/h5-7,9,13H,8H2,1-4H3,(H,18,21)(H,19,22)/t13-/m1/s1. The number of hydrogen-bond acceptors (Lipinski definition) is 2. The summed E-state index contributed by atoms with van der Waals surface area (Å²) >= 11 is 0. The van der Waals surface area contributed by atoms with Gasteiger partial charge in [0, 0.05) is 18.4 Å². The van der Waals surface area contributed by atoms with Gasteiger partial charge in [0.15, 0.2) is 0 Å². The maximum Gasteiger partial charge on any atom is 0.270 e. The fourth-order valence-electron chi connectivity index (χ4n) is 3.17. The molecule has 2 heterocycles. The number of rotatable bonds is 2. The number of anilines is 1. The van der Waals surface area contributed by atoms with Crippen molar-refractivity contribution < 1.29 is 4.79 Å². The van der Waals surface area contributed by atoms with E-state index in [1.165, 1.54) is 0 Å². The third kappa shape index (κ3) is 2.26. The van der Waals surface area contributed by atoms with E-state index in [9.17, 15) is 9.59 Å². The van der Waals surface area contributed by atoms with E-state index in [-0.39, 0.29) is 23.4 Å². The van der Waals surface area contributed by atoms with Crippen LogP contribution < -0.4 is 10.9 Å². The number of amides is 1. The van der Waals surface area contributed by atoms with Crippen LogP contribution in [0.1, 0.15) is 54.5 Å². The first-order chi connectivity index (χ1) is 10.4. The molecule has 2 aromatic rings. The van der Waals surface area contributed by atoms with E-state index in [2.05, 4.69) is 16.5 Å². The lowest BCUT2D eigenvalue weighted by Gasteiger charge is -2.25. The number of hydrogen-bond donors (Lipinski definition) is 2. The molecule has 1 aliphatic rings. The van der Waals surface area contributed by atoms with Crippen molar-refractivity contribution in [1.82, 2.24) is 9.78 Å². The molecule has 22 heavy (non-hydrogen) atoms. The minimum Gasteiger partial charge on any atom is -0.311 e. The molecule has 0 spiro atoms. The molecule has 0 radical (unpaired) electrons. The summed E-state index contributed by atoms with van der Waals surface area (Å²) in [7, 11) is 0. The van der Waals surface area contributed by atoms with Crippen molar-refractivity contribution in [3.63, 3.8) is 0 Å². The lowest BCUT2D eigenvalue weighted by Crippen LogP contribution is -2.27. The van der Waals surface area contributed by atoms with Gasteiger partial charge in [0.25, 0.3) is 5.56 Å². The molecule has 0 aliphatic carbocycles. The molecule has 0 saturated carbocycles. The Kier molecular flexibility index (Phi) is 3.43. The van der Waals surface area contributed by atoms with Gasteiger partial charge in [-0.15, -0.1) is 0 Å². The zero-order valence-corrected chi connectivity index (χ0v) is 13.4. The summed E-state index contributed by atoms with van der Waals surface area (Å²) in [4.78, 5) is 24.6. The second kappa shape index (κ2) is 5.16. The molecule has 1 aromatic heterocycles. The van der Waals surface area contributed by atoms with Gasteiger partial charge in [0.2, 0.25) is 5.91 Å². The summed E-state index contributed by atoms with van der Waals surface area (Å²) < 4.78 is 1.74. The number of aromatic amines is 1. The first-order valence-corrected chi connectivity index (χ1v) is 7.60. The first-order valence-electron chi connectivity index (χ1n) is 7.60. The lowest BCUT2D eigenvalue weighted by molar-refractivity contribution is -0.116. The van der Waals surface area contributed by atoms with Crippen LogP contribution in [0.4, 0.5) is 5.82 Å². The number of benzene rings is 1. The number of aromatic nitrogens is 2. The van der Waals surface area contributed by atoms with Crippen molar-refractivity contribution in [3.05, 3.63) is 50.8 Å². The molecule has 1 amide bonds. The van der Waals surface area contributed by atoms with Crippen LogP contribution in [0.15, 0.2) is 23.0 Å². The summed E-state index contributed by atoms with van der Waals surface area (Å²) in [6.07, 6.45) is 0.308. The van der Waals surface area contributed by atoms with Crippen molar-refractivity contribution in [2.75, 3.05) is 5.32 Å². The van der Waals surface area contributed by atoms with Gasteiger partial charge in [-0.25, -0.2) is 0 Å². The van der Waals surface area contributed by atoms with Gasteiger partial charge in [-0.05, 0) is 38.8 Å². The highest BCUT2D eigenvalue weighted by molar-refractivity contribution is 5.94. The van der Waals surface area contributed by atoms with Gasteiger partial charge in [-0.3, -0.25) is 19.4 Å². The first kappa shape index (κ1) is 14.6. The van der Waals surface area contributed by atoms with Crippen molar-refractivity contribution >= 4 is 11.7 Å². The summed E-state index contributed by atoms with van der Waals surface area (Å²) in [6.45, 7) is 8.00. The molecule has 5 heteroatoms. The maximum absolute atomic E-state index is 12.4. The Morgan fingerprint density at radius 2 is 1.95 bits per heavy atom. The van der Waals surface area contributed by atoms with Gasteiger partial charge in [0.1, 0.15) is 5.82 Å². The highest BCUT2D eigenvalue weighted by Gasteiger charge is 2.33. The number of carbonyl (C=O) groups excluding carboxylic acids is 1. The fraction of sp³-hybridized carbons (Fsp3) is 0.412. The quantitative estimate of drug-likeness (QED) is 0.895. The van der Waals surface area contributed by atoms with Crippen LogP contribution >= 0.6 is 0 Å². The molecule has 116 valence electrons. The maximum atomic E-state index is 12.4. The smallest absolute Gasteiger partial charge is 0.270 e. The number of aryl methyl sites for hydroxylation is 2. The van der Waals surface area contributed by atoms with Crippen molar-refractivity contribution in [3.8, 4) is 0 Å². The average molecular weight is 299 g/mol. The zero-order chi connectivity index (χ0) is 16.0. The minimum atomic E-state index is -0.188. The second-order valence-corrected chi connectivity index (χ2v) is 6.33. The Bertz CT molecular complexity index is 799. The summed E-state index contributed by atoms with van der Waals surface area (Å²) in [6, 6.07) is 6.25. The number of nitrogens with zero attached hydrogens (tertiary/aromatic N) is 1. The molecular weight excluding hydrogens is 278 g/mol. The molecule has 0 bridgehead atoms. The predicted octanol–water partition coefficient (Wildman–Crippen LogP) is 2.85. The predicted molar refractivity (Wildman–Crippen MR) is 86.4 cm³/mol. The van der Waals surface area contributed by atoms with E-state index in [1.807, 2.05) is 39.8 Å². The number of fused-ring (bicyclic) bond motifs is 1. The summed E-state index contributed by atoms with van der Waals surface area (Å²) in [5, 5.41) is 5.71. The molecule has 5 nitrogen and oxygen atoms in total. The molecule has 0 fully saturated rings. The fourth-order valence-corrected chi connectivity index (χ4v) is 3.17. The summed E-state index contributed by atoms with van der Waals surface area (Å²) in [5.41, 5.74) is 3.85. The highest BCUT2D eigenvalue weighted by Crippen LogP contribution is 2.37.